The van der Waals surface area contributed by atoms with Gasteiger partial charge in [-0.2, -0.15) is 49.8 Å². The molecule has 36 heavy (non-hydrogen) atoms. The molecule has 0 spiro atoms. The van der Waals surface area contributed by atoms with E-state index in [0.717, 1.165) is 6.33 Å². The zero-order valence-corrected chi connectivity index (χ0v) is 18.5. The summed E-state index contributed by atoms with van der Waals surface area (Å²) in [6, 6.07) is 4.41. The van der Waals surface area contributed by atoms with Crippen LogP contribution in [-0.2, 0) is 16.3 Å². The predicted molar refractivity (Wildman–Crippen MR) is 107 cm³/mol. The van der Waals surface area contributed by atoms with Gasteiger partial charge in [-0.05, 0) is 37.3 Å². The molecular weight excluding hydrogens is 522 g/mol. The Morgan fingerprint density at radius 1 is 1.14 bits per heavy atom. The Kier molecular flexibility index (Phi) is 6.93. The number of hydrogen-bond donors (Lipinski definition) is 1. The second-order valence-corrected chi connectivity index (χ2v) is 8.51. The first-order valence-electron chi connectivity index (χ1n) is 9.43. The Bertz CT molecular complexity index is 1430. The zero-order valence-electron chi connectivity index (χ0n) is 17.7. The molecule has 0 aliphatic heterocycles. The molecule has 1 N–H and O–H groups in total. The maximum Gasteiger partial charge on any atom is 0.534 e. The lowest BCUT2D eigenvalue weighted by Gasteiger charge is -2.16. The minimum Gasteiger partial charge on any atom is -0.376 e. The molecule has 0 bridgehead atoms. The van der Waals surface area contributed by atoms with Crippen molar-refractivity contribution in [2.24, 2.45) is 0 Å². The molecule has 3 aromatic rings. The van der Waals surface area contributed by atoms with Gasteiger partial charge in [-0.1, -0.05) is 0 Å². The SMILES string of the molecule is CC(NC(=O)c1cc(OS(=O)(=O)C(F)(F)F)cc(C(F)(F)F)c1)c1ncnn1-c1ccc(C#N)cn1. The van der Waals surface area contributed by atoms with Gasteiger partial charge < -0.3 is 9.50 Å². The first-order chi connectivity index (χ1) is 16.6. The van der Waals surface area contributed by atoms with Crippen LogP contribution < -0.4 is 9.50 Å². The average Bonchev–Trinajstić information content (AvgIpc) is 3.27. The van der Waals surface area contributed by atoms with E-state index in [4.69, 9.17) is 5.26 Å². The van der Waals surface area contributed by atoms with Crippen LogP contribution >= 0.6 is 0 Å². The van der Waals surface area contributed by atoms with Crippen molar-refractivity contribution >= 4 is 16.0 Å². The van der Waals surface area contributed by atoms with E-state index in [9.17, 15) is 39.6 Å². The fourth-order valence-electron chi connectivity index (χ4n) is 2.76. The summed E-state index contributed by atoms with van der Waals surface area (Å²) in [5, 5.41) is 15.1. The predicted octanol–water partition coefficient (Wildman–Crippen LogP) is 3.27. The Labute approximate surface area is 198 Å². The highest BCUT2D eigenvalue weighted by Crippen LogP contribution is 2.35. The molecule has 190 valence electrons. The molecule has 1 aromatic carbocycles. The van der Waals surface area contributed by atoms with Crippen LogP contribution in [0.4, 0.5) is 26.3 Å². The van der Waals surface area contributed by atoms with Crippen molar-refractivity contribution in [1.82, 2.24) is 25.1 Å². The highest BCUT2D eigenvalue weighted by Gasteiger charge is 2.49. The van der Waals surface area contributed by atoms with Crippen molar-refractivity contribution in [3.8, 4) is 17.6 Å². The molecule has 1 amide bonds. The van der Waals surface area contributed by atoms with Gasteiger partial charge in [-0.25, -0.2) is 9.97 Å². The van der Waals surface area contributed by atoms with E-state index in [0.29, 0.717) is 12.1 Å². The first kappa shape index (κ1) is 26.4. The third-order valence-corrected chi connectivity index (χ3v) is 5.37. The Morgan fingerprint density at radius 2 is 1.83 bits per heavy atom. The lowest BCUT2D eigenvalue weighted by atomic mass is 10.1. The summed E-state index contributed by atoms with van der Waals surface area (Å²) in [6.07, 6.45) is -2.82. The summed E-state index contributed by atoms with van der Waals surface area (Å²) in [5.41, 5.74) is -8.13. The molecule has 17 heteroatoms. The van der Waals surface area contributed by atoms with Crippen LogP contribution in [0.15, 0.2) is 42.9 Å². The summed E-state index contributed by atoms with van der Waals surface area (Å²) < 4.78 is 105. The number of carbonyl (C=O) groups is 1. The van der Waals surface area contributed by atoms with E-state index in [-0.39, 0.29) is 23.3 Å². The number of rotatable bonds is 6. The molecule has 3 rings (SSSR count). The number of halogens is 6. The van der Waals surface area contributed by atoms with Crippen LogP contribution in [0.2, 0.25) is 0 Å². The lowest BCUT2D eigenvalue weighted by Crippen LogP contribution is -2.30. The minimum atomic E-state index is -6.30. The molecule has 0 aliphatic rings. The summed E-state index contributed by atoms with van der Waals surface area (Å²) in [5.74, 6) is -2.34. The quantitative estimate of drug-likeness (QED) is 0.289. The van der Waals surface area contributed by atoms with Crippen LogP contribution in [0.3, 0.4) is 0 Å². The topological polar surface area (TPSA) is 140 Å². The second-order valence-electron chi connectivity index (χ2n) is 6.97. The standard InChI is InChI=1S/C19H12F6N6O4S/c1-10(16-28-9-29-31(16)15-3-2-11(7-26)8-27-15)30-17(32)12-4-13(18(20,21)22)6-14(5-12)35-36(33,34)19(23,24)25/h2-6,8-10H,1H3,(H,30,32). The molecule has 1 atom stereocenters. The number of nitrogens with zero attached hydrogens (tertiary/aromatic N) is 5. The summed E-state index contributed by atoms with van der Waals surface area (Å²) in [6.45, 7) is 1.38. The number of carbonyl (C=O) groups excluding carboxylic acids is 1. The maximum absolute atomic E-state index is 13.3. The van der Waals surface area contributed by atoms with Gasteiger partial charge in [-0.15, -0.1) is 0 Å². The van der Waals surface area contributed by atoms with Crippen molar-refractivity contribution < 1.29 is 43.7 Å². The van der Waals surface area contributed by atoms with Crippen molar-refractivity contribution in [2.45, 2.75) is 24.7 Å². The fraction of sp³-hybridized carbons (Fsp3) is 0.211. The largest absolute Gasteiger partial charge is 0.534 e. The summed E-state index contributed by atoms with van der Waals surface area (Å²) >= 11 is 0. The van der Waals surface area contributed by atoms with Gasteiger partial charge >= 0.3 is 21.8 Å². The van der Waals surface area contributed by atoms with E-state index < -0.39 is 50.6 Å². The maximum atomic E-state index is 13.3. The van der Waals surface area contributed by atoms with Gasteiger partial charge in [0.15, 0.2) is 11.6 Å². The number of aromatic nitrogens is 4. The van der Waals surface area contributed by atoms with Crippen LogP contribution in [0.25, 0.3) is 5.82 Å². The Hall–Kier alpha value is -4.20. The molecular formula is C19H12F6N6O4S. The van der Waals surface area contributed by atoms with E-state index in [1.54, 1.807) is 0 Å². The van der Waals surface area contributed by atoms with Crippen LogP contribution in [0.1, 0.15) is 40.3 Å². The number of nitrogens with one attached hydrogen (secondary N) is 1. The Morgan fingerprint density at radius 3 is 2.39 bits per heavy atom. The van der Waals surface area contributed by atoms with Gasteiger partial charge in [-0.3, -0.25) is 4.79 Å². The van der Waals surface area contributed by atoms with Crippen molar-refractivity contribution in [1.29, 1.82) is 5.26 Å². The van der Waals surface area contributed by atoms with Crippen LogP contribution in [0.5, 0.6) is 5.75 Å². The summed E-state index contributed by atoms with van der Waals surface area (Å²) in [4.78, 5) is 20.6. The molecule has 0 aliphatic carbocycles. The van der Waals surface area contributed by atoms with Gasteiger partial charge in [0.1, 0.15) is 18.1 Å². The smallest absolute Gasteiger partial charge is 0.376 e. The number of hydrogen-bond acceptors (Lipinski definition) is 8. The third-order valence-electron chi connectivity index (χ3n) is 4.39. The minimum absolute atomic E-state index is 0.0106. The molecule has 0 radical (unpaired) electrons. The fourth-order valence-corrected chi connectivity index (χ4v) is 3.20. The van der Waals surface area contributed by atoms with Gasteiger partial charge in [0.25, 0.3) is 5.91 Å². The number of benzene rings is 1. The molecule has 0 saturated heterocycles. The van der Waals surface area contributed by atoms with E-state index in [1.807, 2.05) is 6.07 Å². The first-order valence-corrected chi connectivity index (χ1v) is 10.8. The molecule has 10 nitrogen and oxygen atoms in total. The number of alkyl halides is 6. The van der Waals surface area contributed by atoms with Crippen LogP contribution in [-0.4, -0.2) is 39.6 Å². The highest BCUT2D eigenvalue weighted by atomic mass is 32.2. The summed E-state index contributed by atoms with van der Waals surface area (Å²) in [7, 11) is -6.30. The number of nitriles is 1. The lowest BCUT2D eigenvalue weighted by molar-refractivity contribution is -0.137. The second kappa shape index (κ2) is 9.45. The highest BCUT2D eigenvalue weighted by molar-refractivity contribution is 7.88. The van der Waals surface area contributed by atoms with E-state index >= 15 is 0 Å². The van der Waals surface area contributed by atoms with Crippen molar-refractivity contribution in [3.63, 3.8) is 0 Å². The van der Waals surface area contributed by atoms with Crippen molar-refractivity contribution in [2.75, 3.05) is 0 Å². The monoisotopic (exact) mass is 534 g/mol. The van der Waals surface area contributed by atoms with Crippen LogP contribution in [0, 0.1) is 11.3 Å². The van der Waals surface area contributed by atoms with E-state index in [2.05, 4.69) is 24.6 Å². The van der Waals surface area contributed by atoms with Crippen molar-refractivity contribution in [3.05, 3.63) is 65.4 Å². The van der Waals surface area contributed by atoms with E-state index in [1.165, 1.54) is 29.9 Å². The number of pyridine rings is 1. The molecule has 2 aromatic heterocycles. The average molecular weight is 534 g/mol. The molecule has 0 fully saturated rings. The van der Waals surface area contributed by atoms with Gasteiger partial charge in [0.2, 0.25) is 0 Å². The van der Waals surface area contributed by atoms with Gasteiger partial charge in [0.05, 0.1) is 17.2 Å². The van der Waals surface area contributed by atoms with Gasteiger partial charge in [0, 0.05) is 11.8 Å². The molecule has 0 saturated carbocycles. The zero-order chi connectivity index (χ0) is 26.9. The third kappa shape index (κ3) is 5.71. The molecule has 2 heterocycles. The number of amides is 1. The Balaban J connectivity index is 1.92. The molecule has 1 unspecified atom stereocenters. The normalized spacial score (nSPS) is 13.1.